The predicted octanol–water partition coefficient (Wildman–Crippen LogP) is 1.24. The van der Waals surface area contributed by atoms with E-state index in [4.69, 9.17) is 10.2 Å². The van der Waals surface area contributed by atoms with E-state index in [-0.39, 0.29) is 31.9 Å². The molecule has 23 heavy (non-hydrogen) atoms. The van der Waals surface area contributed by atoms with Crippen LogP contribution in [0, 0.1) is 32.1 Å². The minimum atomic E-state index is -0.523. The Morgan fingerprint density at radius 1 is 1.22 bits per heavy atom. The van der Waals surface area contributed by atoms with Crippen molar-refractivity contribution in [1.82, 2.24) is 4.90 Å². The van der Waals surface area contributed by atoms with Crippen molar-refractivity contribution in [3.05, 3.63) is 40.6 Å². The Morgan fingerprint density at radius 3 is 2.17 bits per heavy atom. The number of anilines is 1. The summed E-state index contributed by atoms with van der Waals surface area (Å²) in [6.07, 6.45) is 1.37. The Morgan fingerprint density at radius 2 is 1.74 bits per heavy atom. The first-order valence-corrected chi connectivity index (χ1v) is 7.40. The van der Waals surface area contributed by atoms with Crippen molar-refractivity contribution in [3.63, 3.8) is 0 Å². The van der Waals surface area contributed by atoms with Gasteiger partial charge in [0.1, 0.15) is 11.6 Å². The second-order valence-electron chi connectivity index (χ2n) is 5.33. The quantitative estimate of drug-likeness (QED) is 0.519. The molecule has 0 aliphatic heterocycles. The molecule has 6 nitrogen and oxygen atoms in total. The van der Waals surface area contributed by atoms with Crippen LogP contribution >= 0.6 is 0 Å². The molecule has 0 aliphatic carbocycles. The van der Waals surface area contributed by atoms with E-state index >= 15 is 0 Å². The number of rotatable bonds is 7. The van der Waals surface area contributed by atoms with Crippen molar-refractivity contribution < 1.29 is 15.0 Å². The van der Waals surface area contributed by atoms with Crippen molar-refractivity contribution >= 4 is 11.6 Å². The van der Waals surface area contributed by atoms with Crippen LogP contribution in [0.4, 0.5) is 5.69 Å². The first-order valence-electron chi connectivity index (χ1n) is 7.40. The smallest absolute Gasteiger partial charge is 0.266 e. The van der Waals surface area contributed by atoms with E-state index in [2.05, 4.69) is 5.32 Å². The second kappa shape index (κ2) is 8.93. The van der Waals surface area contributed by atoms with Crippen LogP contribution in [0.25, 0.3) is 0 Å². The van der Waals surface area contributed by atoms with E-state index < -0.39 is 5.91 Å². The van der Waals surface area contributed by atoms with Gasteiger partial charge in [-0.15, -0.1) is 0 Å². The number of nitrogens with one attached hydrogen (secondary N) is 1. The number of hydrogen-bond donors (Lipinski definition) is 3. The Hall–Kier alpha value is -2.36. The SMILES string of the molecule is Cc1cc(C)c(N/C=C(/C#N)C(=O)N(CCO)CCO)c(C)c1. The van der Waals surface area contributed by atoms with Crippen LogP contribution in [0.5, 0.6) is 0 Å². The molecule has 1 rings (SSSR count). The predicted molar refractivity (Wildman–Crippen MR) is 88.7 cm³/mol. The van der Waals surface area contributed by atoms with Crippen LogP contribution in [0.1, 0.15) is 16.7 Å². The number of carbonyl (C=O) groups excluding carboxylic acids is 1. The molecule has 6 heteroatoms. The summed E-state index contributed by atoms with van der Waals surface area (Å²) in [6.45, 7) is 5.59. The zero-order valence-corrected chi connectivity index (χ0v) is 13.8. The zero-order chi connectivity index (χ0) is 17.4. The van der Waals surface area contributed by atoms with Crippen molar-refractivity contribution in [1.29, 1.82) is 5.26 Å². The van der Waals surface area contributed by atoms with Gasteiger partial charge in [0.15, 0.2) is 0 Å². The molecular weight excluding hydrogens is 294 g/mol. The van der Waals surface area contributed by atoms with Crippen LogP contribution in [-0.2, 0) is 4.79 Å². The second-order valence-corrected chi connectivity index (χ2v) is 5.33. The molecule has 0 saturated heterocycles. The maximum Gasteiger partial charge on any atom is 0.266 e. The Balaban J connectivity index is 3.00. The van der Waals surface area contributed by atoms with Gasteiger partial charge in [-0.3, -0.25) is 4.79 Å². The molecule has 1 amide bonds. The molecule has 0 saturated carbocycles. The first-order chi connectivity index (χ1) is 10.9. The number of aliphatic hydroxyl groups excluding tert-OH is 2. The van der Waals surface area contributed by atoms with Gasteiger partial charge in [-0.1, -0.05) is 17.7 Å². The van der Waals surface area contributed by atoms with Crippen LogP contribution in [0.2, 0.25) is 0 Å². The van der Waals surface area contributed by atoms with Gasteiger partial charge in [0.25, 0.3) is 5.91 Å². The monoisotopic (exact) mass is 317 g/mol. The molecule has 0 heterocycles. The summed E-state index contributed by atoms with van der Waals surface area (Å²) in [7, 11) is 0. The first kappa shape index (κ1) is 18.7. The number of nitrogens with zero attached hydrogens (tertiary/aromatic N) is 2. The van der Waals surface area contributed by atoms with Crippen molar-refractivity contribution in [2.75, 3.05) is 31.6 Å². The average Bonchev–Trinajstić information content (AvgIpc) is 2.49. The number of aryl methyl sites for hydroxylation is 3. The number of benzene rings is 1. The number of nitriles is 1. The van der Waals surface area contributed by atoms with Crippen LogP contribution in [-0.4, -0.2) is 47.3 Å². The Kier molecular flexibility index (Phi) is 7.26. The fourth-order valence-electron chi connectivity index (χ4n) is 2.42. The lowest BCUT2D eigenvalue weighted by atomic mass is 10.1. The van der Waals surface area contributed by atoms with Crippen LogP contribution in [0.3, 0.4) is 0 Å². The fourth-order valence-corrected chi connectivity index (χ4v) is 2.42. The van der Waals surface area contributed by atoms with E-state index in [1.807, 2.05) is 39.0 Å². The molecule has 1 aromatic rings. The number of amides is 1. The molecule has 0 aromatic heterocycles. The van der Waals surface area contributed by atoms with Gasteiger partial charge in [-0.2, -0.15) is 5.26 Å². The topological polar surface area (TPSA) is 96.6 Å². The summed E-state index contributed by atoms with van der Waals surface area (Å²) in [6, 6.07) is 5.89. The highest BCUT2D eigenvalue weighted by Gasteiger charge is 2.17. The maximum absolute atomic E-state index is 12.3. The fraction of sp³-hybridized carbons (Fsp3) is 0.412. The maximum atomic E-state index is 12.3. The minimum absolute atomic E-state index is 0.0704. The van der Waals surface area contributed by atoms with Gasteiger partial charge in [-0.25, -0.2) is 0 Å². The van der Waals surface area contributed by atoms with Crippen molar-refractivity contribution in [2.45, 2.75) is 20.8 Å². The number of carbonyl (C=O) groups is 1. The summed E-state index contributed by atoms with van der Waals surface area (Å²) in [5, 5.41) is 30.2. The molecule has 0 atom stereocenters. The molecular formula is C17H23N3O3. The van der Waals surface area contributed by atoms with Gasteiger partial charge < -0.3 is 20.4 Å². The summed E-state index contributed by atoms with van der Waals surface area (Å²) in [5.41, 5.74) is 3.96. The van der Waals surface area contributed by atoms with Gasteiger partial charge in [0.05, 0.1) is 13.2 Å². The molecule has 0 aliphatic rings. The third-order valence-electron chi connectivity index (χ3n) is 3.42. The molecule has 3 N–H and O–H groups in total. The molecule has 0 unspecified atom stereocenters. The molecule has 0 fully saturated rings. The summed E-state index contributed by atoms with van der Waals surface area (Å²) >= 11 is 0. The van der Waals surface area contributed by atoms with E-state index in [1.54, 1.807) is 0 Å². The Labute approximate surface area is 136 Å². The third-order valence-corrected chi connectivity index (χ3v) is 3.42. The van der Waals surface area contributed by atoms with E-state index in [0.29, 0.717) is 0 Å². The molecule has 1 aromatic carbocycles. The summed E-state index contributed by atoms with van der Waals surface area (Å²) in [5.74, 6) is -0.523. The van der Waals surface area contributed by atoms with Gasteiger partial charge in [-0.05, 0) is 31.9 Å². The standard InChI is InChI=1S/C17H23N3O3/c1-12-8-13(2)16(14(3)9-12)19-11-15(10-18)17(23)20(4-6-21)5-7-22/h8-9,11,19,21-22H,4-7H2,1-3H3/b15-11-. The van der Waals surface area contributed by atoms with Gasteiger partial charge in [0.2, 0.25) is 0 Å². The lowest BCUT2D eigenvalue weighted by molar-refractivity contribution is -0.127. The van der Waals surface area contributed by atoms with E-state index in [9.17, 15) is 10.1 Å². The lowest BCUT2D eigenvalue weighted by Gasteiger charge is -2.20. The minimum Gasteiger partial charge on any atom is -0.395 e. The van der Waals surface area contributed by atoms with Crippen LogP contribution < -0.4 is 5.32 Å². The Bertz CT molecular complexity index is 603. The highest BCUT2D eigenvalue weighted by atomic mass is 16.3. The molecule has 124 valence electrons. The average molecular weight is 317 g/mol. The van der Waals surface area contributed by atoms with Gasteiger partial charge >= 0.3 is 0 Å². The number of hydrogen-bond acceptors (Lipinski definition) is 5. The summed E-state index contributed by atoms with van der Waals surface area (Å²) < 4.78 is 0. The van der Waals surface area contributed by atoms with E-state index in [1.165, 1.54) is 11.1 Å². The van der Waals surface area contributed by atoms with Crippen molar-refractivity contribution in [2.24, 2.45) is 0 Å². The largest absolute Gasteiger partial charge is 0.395 e. The number of aliphatic hydroxyl groups is 2. The zero-order valence-electron chi connectivity index (χ0n) is 13.8. The molecule has 0 radical (unpaired) electrons. The van der Waals surface area contributed by atoms with Gasteiger partial charge in [0, 0.05) is 25.0 Å². The van der Waals surface area contributed by atoms with E-state index in [0.717, 1.165) is 22.4 Å². The highest BCUT2D eigenvalue weighted by molar-refractivity contribution is 5.97. The van der Waals surface area contributed by atoms with Crippen LogP contribution in [0.15, 0.2) is 23.9 Å². The molecule has 0 bridgehead atoms. The molecule has 0 spiro atoms. The lowest BCUT2D eigenvalue weighted by Crippen LogP contribution is -2.36. The highest BCUT2D eigenvalue weighted by Crippen LogP contribution is 2.22. The van der Waals surface area contributed by atoms with Crippen molar-refractivity contribution in [3.8, 4) is 6.07 Å². The normalized spacial score (nSPS) is 11.0. The third kappa shape index (κ3) is 5.09. The summed E-state index contributed by atoms with van der Waals surface area (Å²) in [4.78, 5) is 13.5.